The molecular formula is C15H15NO3. The molecule has 0 amide bonds. The Morgan fingerprint density at radius 3 is 2.89 bits per heavy atom. The summed E-state index contributed by atoms with van der Waals surface area (Å²) in [5, 5.41) is 9.12. The molecule has 1 N–H and O–H groups in total. The van der Waals surface area contributed by atoms with E-state index in [4.69, 9.17) is 9.84 Å². The molecule has 0 unspecified atom stereocenters. The summed E-state index contributed by atoms with van der Waals surface area (Å²) in [5.41, 5.74) is 2.16. The summed E-state index contributed by atoms with van der Waals surface area (Å²) in [7, 11) is 0. The van der Waals surface area contributed by atoms with Gasteiger partial charge in [-0.15, -0.1) is 0 Å². The number of aromatic carboxylic acids is 1. The van der Waals surface area contributed by atoms with Crippen LogP contribution in [0, 0.1) is 6.92 Å². The van der Waals surface area contributed by atoms with Gasteiger partial charge in [0.2, 0.25) is 0 Å². The van der Waals surface area contributed by atoms with Crippen molar-refractivity contribution in [2.75, 3.05) is 6.61 Å². The fraction of sp³-hybridized carbons (Fsp3) is 0.200. The van der Waals surface area contributed by atoms with Crippen molar-refractivity contribution in [2.24, 2.45) is 0 Å². The number of hydrogen-bond donors (Lipinski definition) is 1. The van der Waals surface area contributed by atoms with Gasteiger partial charge < -0.3 is 9.84 Å². The van der Waals surface area contributed by atoms with Gasteiger partial charge in [-0.3, -0.25) is 4.98 Å². The molecule has 1 heterocycles. The normalized spacial score (nSPS) is 10.2. The lowest BCUT2D eigenvalue weighted by Gasteiger charge is -2.09. The molecule has 0 atom stereocenters. The lowest BCUT2D eigenvalue weighted by atomic mass is 10.1. The van der Waals surface area contributed by atoms with Crippen LogP contribution in [0.4, 0.5) is 0 Å². The van der Waals surface area contributed by atoms with E-state index in [0.29, 0.717) is 18.8 Å². The summed E-state index contributed by atoms with van der Waals surface area (Å²) >= 11 is 0. The predicted octanol–water partition coefficient (Wildman–Crippen LogP) is 2.71. The van der Waals surface area contributed by atoms with Crippen molar-refractivity contribution in [3.8, 4) is 5.75 Å². The summed E-state index contributed by atoms with van der Waals surface area (Å²) in [6.45, 7) is 2.28. The van der Waals surface area contributed by atoms with E-state index in [2.05, 4.69) is 4.98 Å². The van der Waals surface area contributed by atoms with E-state index in [1.165, 1.54) is 0 Å². The Hall–Kier alpha value is -2.36. The topological polar surface area (TPSA) is 59.4 Å². The highest BCUT2D eigenvalue weighted by atomic mass is 16.5. The quantitative estimate of drug-likeness (QED) is 0.894. The van der Waals surface area contributed by atoms with Crippen molar-refractivity contribution in [3.05, 3.63) is 59.4 Å². The van der Waals surface area contributed by atoms with Crippen LogP contribution in [-0.2, 0) is 6.42 Å². The zero-order chi connectivity index (χ0) is 13.7. The van der Waals surface area contributed by atoms with Crippen molar-refractivity contribution in [1.82, 2.24) is 4.98 Å². The van der Waals surface area contributed by atoms with E-state index in [1.807, 2.05) is 25.1 Å². The number of aryl methyl sites for hydroxylation is 1. The van der Waals surface area contributed by atoms with Crippen molar-refractivity contribution in [1.29, 1.82) is 0 Å². The van der Waals surface area contributed by atoms with Gasteiger partial charge >= 0.3 is 5.97 Å². The second kappa shape index (κ2) is 6.00. The maximum absolute atomic E-state index is 11.1. The van der Waals surface area contributed by atoms with Crippen LogP contribution >= 0.6 is 0 Å². The van der Waals surface area contributed by atoms with Gasteiger partial charge in [0, 0.05) is 18.8 Å². The predicted molar refractivity (Wildman–Crippen MR) is 71.6 cm³/mol. The fourth-order valence-corrected chi connectivity index (χ4v) is 1.76. The molecule has 0 radical (unpaired) electrons. The third-order valence-corrected chi connectivity index (χ3v) is 2.74. The van der Waals surface area contributed by atoms with Gasteiger partial charge in [0.15, 0.2) is 0 Å². The molecule has 19 heavy (non-hydrogen) atoms. The SMILES string of the molecule is Cc1ccc(OCCc2cccnc2)c(C(=O)O)c1. The summed E-state index contributed by atoms with van der Waals surface area (Å²) in [6.07, 6.45) is 4.18. The zero-order valence-corrected chi connectivity index (χ0v) is 10.7. The minimum absolute atomic E-state index is 0.200. The number of carboxylic acid groups (broad SMARTS) is 1. The minimum atomic E-state index is -0.972. The highest BCUT2D eigenvalue weighted by molar-refractivity contribution is 5.91. The zero-order valence-electron chi connectivity index (χ0n) is 10.7. The Balaban J connectivity index is 2.02. The summed E-state index contributed by atoms with van der Waals surface area (Å²) < 4.78 is 5.55. The van der Waals surface area contributed by atoms with Crippen LogP contribution in [0.15, 0.2) is 42.7 Å². The molecular weight excluding hydrogens is 242 g/mol. The second-order valence-electron chi connectivity index (χ2n) is 4.26. The third-order valence-electron chi connectivity index (χ3n) is 2.74. The molecule has 2 rings (SSSR count). The second-order valence-corrected chi connectivity index (χ2v) is 4.26. The third kappa shape index (κ3) is 3.55. The Kier molecular flexibility index (Phi) is 4.13. The van der Waals surface area contributed by atoms with E-state index in [1.54, 1.807) is 24.5 Å². The first-order valence-electron chi connectivity index (χ1n) is 6.02. The largest absolute Gasteiger partial charge is 0.492 e. The number of ether oxygens (including phenoxy) is 1. The van der Waals surface area contributed by atoms with Crippen LogP contribution in [-0.4, -0.2) is 22.7 Å². The molecule has 0 spiro atoms. The summed E-state index contributed by atoms with van der Waals surface area (Å²) in [5.74, 6) is -0.568. The van der Waals surface area contributed by atoms with Gasteiger partial charge in [0.05, 0.1) is 6.61 Å². The van der Waals surface area contributed by atoms with E-state index in [9.17, 15) is 4.79 Å². The average Bonchev–Trinajstić information content (AvgIpc) is 2.41. The molecule has 4 nitrogen and oxygen atoms in total. The van der Waals surface area contributed by atoms with E-state index in [0.717, 1.165) is 11.1 Å². The van der Waals surface area contributed by atoms with Gasteiger partial charge in [0.1, 0.15) is 11.3 Å². The molecule has 2 aromatic rings. The Morgan fingerprint density at radius 2 is 2.21 bits per heavy atom. The highest BCUT2D eigenvalue weighted by Crippen LogP contribution is 2.20. The number of carbonyl (C=O) groups is 1. The molecule has 0 aliphatic rings. The molecule has 0 saturated carbocycles. The van der Waals surface area contributed by atoms with Gasteiger partial charge in [-0.25, -0.2) is 4.79 Å². The van der Waals surface area contributed by atoms with Crippen molar-refractivity contribution < 1.29 is 14.6 Å². The van der Waals surface area contributed by atoms with Crippen LogP contribution in [0.1, 0.15) is 21.5 Å². The first-order chi connectivity index (χ1) is 9.16. The first kappa shape index (κ1) is 13.1. The van der Waals surface area contributed by atoms with Crippen molar-refractivity contribution in [2.45, 2.75) is 13.3 Å². The Morgan fingerprint density at radius 1 is 1.37 bits per heavy atom. The van der Waals surface area contributed by atoms with Gasteiger partial charge in [-0.1, -0.05) is 17.7 Å². The van der Waals surface area contributed by atoms with Crippen LogP contribution in [0.5, 0.6) is 5.75 Å². The molecule has 1 aromatic carbocycles. The molecule has 1 aromatic heterocycles. The van der Waals surface area contributed by atoms with Gasteiger partial charge in [0.25, 0.3) is 0 Å². The Labute approximate surface area is 111 Å². The average molecular weight is 257 g/mol. The van der Waals surface area contributed by atoms with Gasteiger partial charge in [-0.05, 0) is 30.7 Å². The van der Waals surface area contributed by atoms with Crippen LogP contribution in [0.2, 0.25) is 0 Å². The number of pyridine rings is 1. The smallest absolute Gasteiger partial charge is 0.339 e. The van der Waals surface area contributed by atoms with Crippen LogP contribution in [0.3, 0.4) is 0 Å². The number of carboxylic acids is 1. The summed E-state index contributed by atoms with van der Waals surface area (Å²) in [6, 6.07) is 8.98. The minimum Gasteiger partial charge on any atom is -0.492 e. The summed E-state index contributed by atoms with van der Waals surface area (Å²) in [4.78, 5) is 15.1. The number of benzene rings is 1. The number of rotatable bonds is 5. The standard InChI is InChI=1S/C15H15NO3/c1-11-4-5-14(13(9-11)15(17)18)19-8-6-12-3-2-7-16-10-12/h2-5,7,9-10H,6,8H2,1H3,(H,17,18). The van der Waals surface area contributed by atoms with Crippen molar-refractivity contribution in [3.63, 3.8) is 0 Å². The number of nitrogens with zero attached hydrogens (tertiary/aromatic N) is 1. The van der Waals surface area contributed by atoms with Gasteiger partial charge in [-0.2, -0.15) is 0 Å². The maximum atomic E-state index is 11.1. The monoisotopic (exact) mass is 257 g/mol. The van der Waals surface area contributed by atoms with E-state index >= 15 is 0 Å². The number of hydrogen-bond acceptors (Lipinski definition) is 3. The maximum Gasteiger partial charge on any atom is 0.339 e. The first-order valence-corrected chi connectivity index (χ1v) is 6.02. The number of aromatic nitrogens is 1. The van der Waals surface area contributed by atoms with E-state index < -0.39 is 5.97 Å². The van der Waals surface area contributed by atoms with Crippen LogP contribution < -0.4 is 4.74 Å². The molecule has 0 fully saturated rings. The molecule has 0 saturated heterocycles. The van der Waals surface area contributed by atoms with E-state index in [-0.39, 0.29) is 5.56 Å². The molecule has 98 valence electrons. The highest BCUT2D eigenvalue weighted by Gasteiger charge is 2.11. The van der Waals surface area contributed by atoms with Crippen molar-refractivity contribution >= 4 is 5.97 Å². The molecule has 0 bridgehead atoms. The fourth-order valence-electron chi connectivity index (χ4n) is 1.76. The Bertz CT molecular complexity index is 567. The molecule has 0 aliphatic carbocycles. The van der Waals surface area contributed by atoms with Crippen LogP contribution in [0.25, 0.3) is 0 Å². The molecule has 4 heteroatoms. The lowest BCUT2D eigenvalue weighted by Crippen LogP contribution is -2.06. The lowest BCUT2D eigenvalue weighted by molar-refractivity contribution is 0.0692. The molecule has 0 aliphatic heterocycles.